The fraction of sp³-hybridized carbons (Fsp3) is 0.538. The van der Waals surface area contributed by atoms with Gasteiger partial charge in [-0.1, -0.05) is 17.7 Å². The molecule has 96 valence electrons. The minimum atomic E-state index is 0.492. The highest BCUT2D eigenvalue weighted by atomic mass is 35.5. The molecule has 4 heteroatoms. The molecule has 2 N–H and O–H groups in total. The smallest absolute Gasteiger partial charge is 0.0426 e. The summed E-state index contributed by atoms with van der Waals surface area (Å²) in [6.45, 7) is 2.78. The van der Waals surface area contributed by atoms with Crippen LogP contribution < -0.4 is 10.6 Å². The van der Waals surface area contributed by atoms with Crippen LogP contribution in [-0.4, -0.2) is 25.1 Å². The third kappa shape index (κ3) is 4.09. The van der Waals surface area contributed by atoms with Gasteiger partial charge in [-0.3, -0.25) is 0 Å². The van der Waals surface area contributed by atoms with Crippen molar-refractivity contribution in [2.45, 2.75) is 25.9 Å². The number of thioether (sulfide) groups is 1. The summed E-state index contributed by atoms with van der Waals surface area (Å²) in [5, 5.41) is 0.765. The highest BCUT2D eigenvalue weighted by Crippen LogP contribution is 2.26. The molecule has 1 atom stereocenters. The summed E-state index contributed by atoms with van der Waals surface area (Å²) in [5.41, 5.74) is 8.06. The van der Waals surface area contributed by atoms with Crippen molar-refractivity contribution in [2.24, 2.45) is 5.73 Å². The first kappa shape index (κ1) is 14.7. The number of hydrogen-bond donors (Lipinski definition) is 1. The normalized spacial score (nSPS) is 12.5. The third-order valence-corrected chi connectivity index (χ3v) is 3.93. The highest BCUT2D eigenvalue weighted by Gasteiger charge is 2.13. The predicted molar refractivity (Wildman–Crippen MR) is 80.2 cm³/mol. The van der Waals surface area contributed by atoms with Gasteiger partial charge in [-0.25, -0.2) is 0 Å². The molecule has 0 bridgehead atoms. The Kier molecular flexibility index (Phi) is 6.17. The van der Waals surface area contributed by atoms with Crippen LogP contribution in [0, 0.1) is 0 Å². The Morgan fingerprint density at radius 3 is 2.76 bits per heavy atom. The second-order valence-electron chi connectivity index (χ2n) is 4.22. The maximum absolute atomic E-state index is 6.06. The fourth-order valence-electron chi connectivity index (χ4n) is 1.76. The number of hydrogen-bond acceptors (Lipinski definition) is 3. The average Bonchev–Trinajstić information content (AvgIpc) is 2.34. The third-order valence-electron chi connectivity index (χ3n) is 3.05. The number of nitrogens with two attached hydrogens (primary N) is 1. The lowest BCUT2D eigenvalue weighted by Gasteiger charge is -2.29. The molecule has 0 aliphatic heterocycles. The van der Waals surface area contributed by atoms with Crippen molar-refractivity contribution in [3.63, 3.8) is 0 Å². The molecule has 0 aliphatic rings. The minimum Gasteiger partial charge on any atom is -0.372 e. The van der Waals surface area contributed by atoms with Crippen LogP contribution in [0.4, 0.5) is 5.69 Å². The van der Waals surface area contributed by atoms with Crippen molar-refractivity contribution in [3.05, 3.63) is 28.8 Å². The van der Waals surface area contributed by atoms with Crippen molar-refractivity contribution in [1.82, 2.24) is 0 Å². The molecule has 17 heavy (non-hydrogen) atoms. The van der Waals surface area contributed by atoms with Crippen LogP contribution >= 0.6 is 23.4 Å². The molecule has 1 rings (SSSR count). The zero-order chi connectivity index (χ0) is 12.8. The predicted octanol–water partition coefficient (Wildman–Crippen LogP) is 3.38. The largest absolute Gasteiger partial charge is 0.372 e. The van der Waals surface area contributed by atoms with Crippen LogP contribution in [-0.2, 0) is 6.54 Å². The second-order valence-corrected chi connectivity index (χ2v) is 5.64. The van der Waals surface area contributed by atoms with Crippen LogP contribution in [0.1, 0.15) is 18.9 Å². The van der Waals surface area contributed by atoms with Crippen LogP contribution in [0.25, 0.3) is 0 Å². The van der Waals surface area contributed by atoms with E-state index in [4.69, 9.17) is 17.3 Å². The molecule has 0 fully saturated rings. The Morgan fingerprint density at radius 2 is 2.18 bits per heavy atom. The lowest BCUT2D eigenvalue weighted by Crippen LogP contribution is -2.30. The van der Waals surface area contributed by atoms with E-state index in [-0.39, 0.29) is 0 Å². The van der Waals surface area contributed by atoms with Gasteiger partial charge in [0.25, 0.3) is 0 Å². The quantitative estimate of drug-likeness (QED) is 0.861. The standard InChI is InChI=1S/C13H21ClN2S/c1-10(6-7-17-3)16(2)13-8-12(14)5-4-11(13)9-15/h4-5,8,10H,6-7,9,15H2,1-3H3. The first-order chi connectivity index (χ1) is 8.10. The SMILES string of the molecule is CSCCC(C)N(C)c1cc(Cl)ccc1CN. The first-order valence-electron chi connectivity index (χ1n) is 5.80. The van der Waals surface area contributed by atoms with E-state index >= 15 is 0 Å². The van der Waals surface area contributed by atoms with Crippen molar-refractivity contribution < 1.29 is 0 Å². The Labute approximate surface area is 114 Å². The van der Waals surface area contributed by atoms with Gasteiger partial charge in [-0.05, 0) is 43.0 Å². The van der Waals surface area contributed by atoms with Crippen LogP contribution in [0.2, 0.25) is 5.02 Å². The van der Waals surface area contributed by atoms with Gasteiger partial charge >= 0.3 is 0 Å². The molecule has 2 nitrogen and oxygen atoms in total. The van der Waals surface area contributed by atoms with Crippen LogP contribution in [0.15, 0.2) is 18.2 Å². The van der Waals surface area contributed by atoms with Gasteiger partial charge in [0.15, 0.2) is 0 Å². The van der Waals surface area contributed by atoms with Crippen molar-refractivity contribution in [2.75, 3.05) is 24.0 Å². The molecule has 1 unspecified atom stereocenters. The maximum Gasteiger partial charge on any atom is 0.0426 e. The van der Waals surface area contributed by atoms with Crippen LogP contribution in [0.3, 0.4) is 0 Å². The van der Waals surface area contributed by atoms with Gasteiger partial charge in [0.2, 0.25) is 0 Å². The zero-order valence-corrected chi connectivity index (χ0v) is 12.3. The molecule has 1 aromatic carbocycles. The summed E-state index contributed by atoms with van der Waals surface area (Å²) in [4.78, 5) is 2.27. The number of anilines is 1. The molecule has 0 radical (unpaired) electrons. The van der Waals surface area contributed by atoms with E-state index in [0.29, 0.717) is 12.6 Å². The molecule has 0 amide bonds. The number of halogens is 1. The summed E-state index contributed by atoms with van der Waals surface area (Å²) < 4.78 is 0. The van der Waals surface area contributed by atoms with Crippen LogP contribution in [0.5, 0.6) is 0 Å². The lowest BCUT2D eigenvalue weighted by molar-refractivity contribution is 0.666. The molecular formula is C13H21ClN2S. The topological polar surface area (TPSA) is 29.3 Å². The molecular weight excluding hydrogens is 252 g/mol. The Bertz CT molecular complexity index is 357. The average molecular weight is 273 g/mol. The van der Waals surface area contributed by atoms with Crippen molar-refractivity contribution in [3.8, 4) is 0 Å². The van der Waals surface area contributed by atoms with E-state index in [1.54, 1.807) is 0 Å². The van der Waals surface area contributed by atoms with Gasteiger partial charge in [0, 0.05) is 30.3 Å². The minimum absolute atomic E-state index is 0.492. The molecule has 1 aromatic rings. The maximum atomic E-state index is 6.06. The van der Waals surface area contributed by atoms with Gasteiger partial charge in [-0.15, -0.1) is 0 Å². The summed E-state index contributed by atoms with van der Waals surface area (Å²) >= 11 is 7.93. The molecule has 0 aliphatic carbocycles. The van der Waals surface area contributed by atoms with Gasteiger partial charge in [0.1, 0.15) is 0 Å². The monoisotopic (exact) mass is 272 g/mol. The fourth-order valence-corrected chi connectivity index (χ4v) is 2.50. The van der Waals surface area contributed by atoms with E-state index in [9.17, 15) is 0 Å². The van der Waals surface area contributed by atoms with Crippen molar-refractivity contribution in [1.29, 1.82) is 0 Å². The van der Waals surface area contributed by atoms with E-state index in [0.717, 1.165) is 22.7 Å². The van der Waals surface area contributed by atoms with Gasteiger partial charge < -0.3 is 10.6 Å². The number of rotatable bonds is 6. The Balaban J connectivity index is 2.86. The van der Waals surface area contributed by atoms with Crippen molar-refractivity contribution >= 4 is 29.1 Å². The molecule has 0 aromatic heterocycles. The molecule has 0 heterocycles. The molecule has 0 saturated heterocycles. The summed E-state index contributed by atoms with van der Waals surface area (Å²) in [6, 6.07) is 6.40. The van der Waals surface area contributed by atoms with E-state index in [2.05, 4.69) is 25.1 Å². The Morgan fingerprint density at radius 1 is 1.47 bits per heavy atom. The Hall–Kier alpha value is -0.380. The first-order valence-corrected chi connectivity index (χ1v) is 7.57. The van der Waals surface area contributed by atoms with E-state index in [1.165, 1.54) is 5.75 Å². The number of benzene rings is 1. The zero-order valence-electron chi connectivity index (χ0n) is 10.7. The number of nitrogens with zero attached hydrogens (tertiary/aromatic N) is 1. The lowest BCUT2D eigenvalue weighted by atomic mass is 10.1. The summed E-state index contributed by atoms with van der Waals surface area (Å²) in [7, 11) is 2.11. The van der Waals surface area contributed by atoms with E-state index in [1.807, 2.05) is 30.0 Å². The molecule has 0 spiro atoms. The highest BCUT2D eigenvalue weighted by molar-refractivity contribution is 7.98. The summed E-state index contributed by atoms with van der Waals surface area (Å²) in [6.07, 6.45) is 3.30. The van der Waals surface area contributed by atoms with E-state index < -0.39 is 0 Å². The summed E-state index contributed by atoms with van der Waals surface area (Å²) in [5.74, 6) is 1.17. The molecule has 0 saturated carbocycles. The van der Waals surface area contributed by atoms with Gasteiger partial charge in [0.05, 0.1) is 0 Å². The second kappa shape index (κ2) is 7.14. The van der Waals surface area contributed by atoms with Gasteiger partial charge in [-0.2, -0.15) is 11.8 Å².